The number of nitrogens with one attached hydrogen (secondary N) is 1. The minimum atomic E-state index is -0.799. The molecule has 0 bridgehead atoms. The number of esters is 2. The average Bonchev–Trinajstić information content (AvgIpc) is 2.98. The molecule has 1 aromatic heterocycles. The van der Waals surface area contributed by atoms with E-state index < -0.39 is 29.3 Å². The highest BCUT2D eigenvalue weighted by molar-refractivity contribution is 6.09. The van der Waals surface area contributed by atoms with Gasteiger partial charge in [-0.15, -0.1) is 0 Å². The van der Waals surface area contributed by atoms with Gasteiger partial charge in [0.15, 0.2) is 6.61 Å². The molecule has 0 unspecified atom stereocenters. The highest BCUT2D eigenvalue weighted by Crippen LogP contribution is 2.20. The van der Waals surface area contributed by atoms with Crippen LogP contribution in [0.1, 0.15) is 44.6 Å². The van der Waals surface area contributed by atoms with Gasteiger partial charge < -0.3 is 14.5 Å². The summed E-state index contributed by atoms with van der Waals surface area (Å²) in [5.41, 5.74) is 1.53. The number of hydrogen-bond donors (Lipinski definition) is 1. The summed E-state index contributed by atoms with van der Waals surface area (Å²) in [7, 11) is 0. The minimum Gasteiger partial charge on any atom is -0.462 e. The highest BCUT2D eigenvalue weighted by atomic mass is 16.6. The van der Waals surface area contributed by atoms with Crippen molar-refractivity contribution in [1.82, 2.24) is 4.98 Å². The Bertz CT molecular complexity index is 989. The number of nitro groups is 1. The van der Waals surface area contributed by atoms with Crippen molar-refractivity contribution in [1.29, 1.82) is 0 Å². The fourth-order valence-electron chi connectivity index (χ4n) is 2.75. The largest absolute Gasteiger partial charge is 0.462 e. The first kappa shape index (κ1) is 21.5. The molecule has 9 nitrogen and oxygen atoms in total. The van der Waals surface area contributed by atoms with E-state index in [-0.39, 0.29) is 23.4 Å². The van der Waals surface area contributed by atoms with E-state index in [4.69, 9.17) is 9.47 Å². The summed E-state index contributed by atoms with van der Waals surface area (Å²) in [6.45, 7) is 4.52. The number of aromatic nitrogens is 1. The number of ketones is 1. The van der Waals surface area contributed by atoms with Crippen LogP contribution in [-0.2, 0) is 14.3 Å². The van der Waals surface area contributed by atoms with E-state index in [1.54, 1.807) is 26.8 Å². The number of rotatable bonds is 8. The second-order valence-electron chi connectivity index (χ2n) is 6.06. The van der Waals surface area contributed by atoms with Crippen molar-refractivity contribution < 1.29 is 28.8 Å². The van der Waals surface area contributed by atoms with Crippen LogP contribution in [0.15, 0.2) is 30.3 Å². The molecule has 1 N–H and O–H groups in total. The minimum absolute atomic E-state index is 0.111. The van der Waals surface area contributed by atoms with Gasteiger partial charge in [-0.2, -0.15) is 0 Å². The first-order chi connectivity index (χ1) is 13.7. The van der Waals surface area contributed by atoms with Gasteiger partial charge in [-0.1, -0.05) is 12.1 Å². The van der Waals surface area contributed by atoms with E-state index in [2.05, 4.69) is 4.98 Å². The molecule has 0 aliphatic rings. The monoisotopic (exact) mass is 400 g/mol. The van der Waals surface area contributed by atoms with Gasteiger partial charge in [-0.3, -0.25) is 14.9 Å². The molecule has 29 heavy (non-hydrogen) atoms. The van der Waals surface area contributed by atoms with Gasteiger partial charge in [0.05, 0.1) is 22.7 Å². The summed E-state index contributed by atoms with van der Waals surface area (Å²) < 4.78 is 9.92. The zero-order valence-corrected chi connectivity index (χ0v) is 16.2. The Morgan fingerprint density at radius 2 is 1.83 bits per heavy atom. The van der Waals surface area contributed by atoms with Crippen molar-refractivity contribution in [2.75, 3.05) is 13.2 Å². The molecule has 0 spiro atoms. The zero-order valence-electron chi connectivity index (χ0n) is 16.2. The molecule has 0 saturated heterocycles. The summed E-state index contributed by atoms with van der Waals surface area (Å²) in [6, 6.07) is 5.70. The molecule has 2 rings (SSSR count). The third kappa shape index (κ3) is 5.38. The number of benzene rings is 1. The van der Waals surface area contributed by atoms with Crippen molar-refractivity contribution >= 4 is 29.5 Å². The second-order valence-corrected chi connectivity index (χ2v) is 6.06. The van der Waals surface area contributed by atoms with Gasteiger partial charge in [-0.05, 0) is 32.4 Å². The number of carbonyl (C=O) groups is 3. The fourth-order valence-corrected chi connectivity index (χ4v) is 2.75. The Morgan fingerprint density at radius 1 is 1.14 bits per heavy atom. The lowest BCUT2D eigenvalue weighted by Gasteiger charge is -2.06. The zero-order chi connectivity index (χ0) is 21.6. The number of carbonyl (C=O) groups excluding carboxylic acids is 3. The second kappa shape index (κ2) is 9.45. The third-order valence-electron chi connectivity index (χ3n) is 3.97. The normalized spacial score (nSPS) is 10.7. The summed E-state index contributed by atoms with van der Waals surface area (Å²) >= 11 is 0. The number of non-ortho nitro benzene ring substituents is 1. The van der Waals surface area contributed by atoms with Crippen LogP contribution < -0.4 is 0 Å². The van der Waals surface area contributed by atoms with Crippen LogP contribution in [0.25, 0.3) is 6.08 Å². The smallest absolute Gasteiger partial charge is 0.340 e. The first-order valence-corrected chi connectivity index (χ1v) is 8.73. The van der Waals surface area contributed by atoms with Crippen molar-refractivity contribution in [3.8, 4) is 0 Å². The maximum Gasteiger partial charge on any atom is 0.340 e. The number of Topliss-reactive ketones (excluding diaryl/α,β-unsaturated/α-hetero) is 1. The quantitative estimate of drug-likeness (QED) is 0.237. The number of aryl methyl sites for hydroxylation is 2. The van der Waals surface area contributed by atoms with Crippen LogP contribution in [0.2, 0.25) is 0 Å². The fraction of sp³-hybridized carbons (Fsp3) is 0.250. The maximum absolute atomic E-state index is 12.5. The standard InChI is InChI=1S/C20H20N2O7/c1-4-28-20(25)19-13(3)21-12(2)18(19)16(23)11-29-17(24)9-8-14-6-5-7-15(10-14)22(26)27/h5-10,21H,4,11H2,1-3H3/b9-8+. The molecule has 0 aliphatic carbocycles. The summed E-state index contributed by atoms with van der Waals surface area (Å²) in [4.78, 5) is 49.6. The Kier molecular flexibility index (Phi) is 7.02. The SMILES string of the molecule is CCOC(=O)c1c(C)[nH]c(C)c1C(=O)COC(=O)/C=C/c1cccc([N+](=O)[O-])c1. The summed E-state index contributed by atoms with van der Waals surface area (Å²) in [6.07, 6.45) is 2.41. The molecule has 0 radical (unpaired) electrons. The highest BCUT2D eigenvalue weighted by Gasteiger charge is 2.25. The van der Waals surface area contributed by atoms with Gasteiger partial charge in [0.1, 0.15) is 0 Å². The van der Waals surface area contributed by atoms with E-state index >= 15 is 0 Å². The van der Waals surface area contributed by atoms with Crippen molar-refractivity contribution in [2.45, 2.75) is 20.8 Å². The lowest BCUT2D eigenvalue weighted by atomic mass is 10.1. The van der Waals surface area contributed by atoms with Crippen molar-refractivity contribution in [3.63, 3.8) is 0 Å². The average molecular weight is 400 g/mol. The van der Waals surface area contributed by atoms with E-state index in [0.717, 1.165) is 6.08 Å². The molecule has 0 fully saturated rings. The van der Waals surface area contributed by atoms with Crippen LogP contribution in [0.5, 0.6) is 0 Å². The van der Waals surface area contributed by atoms with Gasteiger partial charge in [-0.25, -0.2) is 9.59 Å². The third-order valence-corrected chi connectivity index (χ3v) is 3.97. The summed E-state index contributed by atoms with van der Waals surface area (Å²) in [5, 5.41) is 10.8. The molecule has 2 aromatic rings. The van der Waals surface area contributed by atoms with Gasteiger partial charge in [0, 0.05) is 29.6 Å². The molecule has 0 atom stereocenters. The van der Waals surface area contributed by atoms with Crippen LogP contribution in [0, 0.1) is 24.0 Å². The molecule has 9 heteroatoms. The summed E-state index contributed by atoms with van der Waals surface area (Å²) in [5.74, 6) is -1.98. The lowest BCUT2D eigenvalue weighted by molar-refractivity contribution is -0.384. The Hall–Kier alpha value is -3.75. The lowest BCUT2D eigenvalue weighted by Crippen LogP contribution is -2.17. The number of nitro benzene ring substituents is 1. The van der Waals surface area contributed by atoms with Crippen LogP contribution in [-0.4, -0.2) is 40.8 Å². The first-order valence-electron chi connectivity index (χ1n) is 8.73. The topological polar surface area (TPSA) is 129 Å². The molecule has 1 aromatic carbocycles. The number of nitrogens with zero attached hydrogens (tertiary/aromatic N) is 1. The Morgan fingerprint density at radius 3 is 2.48 bits per heavy atom. The number of aromatic amines is 1. The van der Waals surface area contributed by atoms with Crippen LogP contribution in [0.4, 0.5) is 5.69 Å². The molecular formula is C20H20N2O7. The van der Waals surface area contributed by atoms with Crippen LogP contribution >= 0.6 is 0 Å². The number of hydrogen-bond acceptors (Lipinski definition) is 7. The van der Waals surface area contributed by atoms with E-state index in [0.29, 0.717) is 17.0 Å². The molecular weight excluding hydrogens is 380 g/mol. The van der Waals surface area contributed by atoms with E-state index in [1.165, 1.54) is 24.3 Å². The number of H-pyrrole nitrogens is 1. The van der Waals surface area contributed by atoms with Crippen LogP contribution in [0.3, 0.4) is 0 Å². The van der Waals surface area contributed by atoms with Crippen molar-refractivity contribution in [2.24, 2.45) is 0 Å². The Balaban J connectivity index is 2.06. The van der Waals surface area contributed by atoms with E-state index in [9.17, 15) is 24.5 Å². The van der Waals surface area contributed by atoms with Gasteiger partial charge >= 0.3 is 11.9 Å². The van der Waals surface area contributed by atoms with E-state index in [1.807, 2.05) is 0 Å². The van der Waals surface area contributed by atoms with Gasteiger partial charge in [0.25, 0.3) is 5.69 Å². The molecule has 0 amide bonds. The predicted octanol–water partition coefficient (Wildman–Crippen LogP) is 3.16. The molecule has 1 heterocycles. The molecule has 0 saturated carbocycles. The van der Waals surface area contributed by atoms with Crippen molar-refractivity contribution in [3.05, 3.63) is 68.5 Å². The number of ether oxygens (including phenoxy) is 2. The predicted molar refractivity (Wildman–Crippen MR) is 104 cm³/mol. The molecule has 152 valence electrons. The van der Waals surface area contributed by atoms with Gasteiger partial charge in [0.2, 0.25) is 5.78 Å². The Labute approximate surface area is 166 Å². The maximum atomic E-state index is 12.5. The molecule has 0 aliphatic heterocycles.